The van der Waals surface area contributed by atoms with Gasteiger partial charge in [0.15, 0.2) is 11.6 Å². The highest BCUT2D eigenvalue weighted by molar-refractivity contribution is 6.02. The second kappa shape index (κ2) is 35.4. The number of ether oxygens (including phenoxy) is 4. The minimum Gasteiger partial charge on any atom is -0.475 e. The number of carboxylic acids is 1. The number of carboxylic acid groups (broad SMARTS) is 1. The predicted molar refractivity (Wildman–Crippen MR) is 340 cm³/mol. The van der Waals surface area contributed by atoms with Crippen molar-refractivity contribution in [3.8, 4) is 11.4 Å². The number of nitrogens with zero attached hydrogens (tertiary/aromatic N) is 4. The molecule has 3 aliphatic rings. The lowest BCUT2D eigenvalue weighted by atomic mass is 9.86. The molecule has 0 saturated carbocycles. The number of hydrogen-bond donors (Lipinski definition) is 11. The Balaban J connectivity index is 0.00000179. The number of oxime groups is 1. The van der Waals surface area contributed by atoms with Gasteiger partial charge in [-0.2, -0.15) is 13.2 Å². The number of benzene rings is 3. The fraction of sp³-hybridized carbons (Fsp3) is 0.422. The number of carbonyl (C=O) groups excluding carboxylic acids is 8. The lowest BCUT2D eigenvalue weighted by Crippen LogP contribution is -2.58. The monoisotopic (exact) mass is 1360 g/mol. The van der Waals surface area contributed by atoms with Gasteiger partial charge in [0.25, 0.3) is 5.56 Å². The summed E-state index contributed by atoms with van der Waals surface area (Å²) in [6.07, 6.45) is -2.98. The third-order valence-corrected chi connectivity index (χ3v) is 15.4. The fourth-order valence-electron chi connectivity index (χ4n) is 10.3. The summed E-state index contributed by atoms with van der Waals surface area (Å²) in [5.41, 5.74) is 14.1. The van der Waals surface area contributed by atoms with E-state index in [-0.39, 0.29) is 152 Å². The quantitative estimate of drug-likeness (QED) is 0.0105. The van der Waals surface area contributed by atoms with Crippen LogP contribution in [0.3, 0.4) is 0 Å². The van der Waals surface area contributed by atoms with Crippen LogP contribution in [0.2, 0.25) is 0 Å². The molecule has 5 heterocycles. The third kappa shape index (κ3) is 21.1. The summed E-state index contributed by atoms with van der Waals surface area (Å²) in [5.74, 6) is -7.82. The Morgan fingerprint density at radius 3 is 1.97 bits per heavy atom. The second-order valence-electron chi connectivity index (χ2n) is 22.3. The fourth-order valence-corrected chi connectivity index (χ4v) is 10.3. The maximum absolute atomic E-state index is 14.2. The van der Waals surface area contributed by atoms with Gasteiger partial charge < -0.3 is 87.3 Å². The maximum Gasteiger partial charge on any atom is 0.490 e. The Morgan fingerprint density at radius 1 is 0.753 bits per heavy atom. The standard InChI is InChI=1S/C62H75N13O15.C2HF3O2/c1-3-45-56(80)73-48(27-37-11-6-5-7-12-37)58(82)74-49(57(81)72-47(15-10-20-66-61(63)64)55(79)68-32-51(76)70-45)28-38-16-18-39(19-17-38)30-67-53(78)36-88-26-24-86-23-25-87-35-52(77)65-21-22-90-69-31-41-40-13-8-9-14-46(40)71-54-42(41)33-75-50(54)29-44-43(59(75)83)34-89-60(84)62(44,85)4-2;3-2(4,5)1(6)7/h5-9,11-14,16-19,29,31,45,47-49,85H,3-4,10,15,20-28,30,32-36H2,1-2H3,(H,65,77)(H,67,78)(H,68,79)(H,70,76)(H,72,81)(H,73,80)(H,74,82)(H4,63,64,66);(H,6,7)/b69-31+;/t45-,47-,48+,49-,62-;/m0./s1. The van der Waals surface area contributed by atoms with Crippen LogP contribution in [-0.2, 0) is 105 Å². The smallest absolute Gasteiger partial charge is 0.475 e. The van der Waals surface area contributed by atoms with E-state index in [1.807, 2.05) is 30.3 Å². The number of nitrogens with two attached hydrogens (primary N) is 2. The van der Waals surface area contributed by atoms with Crippen LogP contribution in [0.25, 0.3) is 22.3 Å². The minimum atomic E-state index is -5.08. The first-order valence-corrected chi connectivity index (χ1v) is 30.9. The predicted octanol–water partition coefficient (Wildman–Crippen LogP) is -0.136. The minimum absolute atomic E-state index is 0.0214. The Bertz CT molecular complexity index is 3780. The van der Waals surface area contributed by atoms with E-state index in [0.717, 1.165) is 10.9 Å². The molecule has 3 aromatic carbocycles. The lowest BCUT2D eigenvalue weighted by Gasteiger charge is -2.31. The van der Waals surface area contributed by atoms with Gasteiger partial charge in [0.2, 0.25) is 41.4 Å². The van der Waals surface area contributed by atoms with Crippen LogP contribution in [0.5, 0.6) is 0 Å². The molecule has 97 heavy (non-hydrogen) atoms. The number of aliphatic imine (C=N–C) groups is 1. The molecule has 1 saturated heterocycles. The van der Waals surface area contributed by atoms with E-state index in [9.17, 15) is 61.4 Å². The number of cyclic esters (lactones) is 1. The maximum atomic E-state index is 14.2. The number of aliphatic carboxylic acids is 1. The van der Waals surface area contributed by atoms with Gasteiger partial charge >= 0.3 is 18.1 Å². The number of halogens is 3. The van der Waals surface area contributed by atoms with Crippen molar-refractivity contribution in [2.45, 2.75) is 108 Å². The van der Waals surface area contributed by atoms with E-state index in [4.69, 9.17) is 50.1 Å². The lowest BCUT2D eigenvalue weighted by molar-refractivity contribution is -0.192. The molecule has 0 aliphatic carbocycles. The number of esters is 1. The molecular formula is C64H76F3N13O17. The van der Waals surface area contributed by atoms with Crippen molar-refractivity contribution in [2.75, 3.05) is 65.9 Å². The van der Waals surface area contributed by atoms with Crippen molar-refractivity contribution in [2.24, 2.45) is 21.6 Å². The first kappa shape index (κ1) is 74.0. The van der Waals surface area contributed by atoms with Crippen molar-refractivity contribution >= 4 is 76.4 Å². The Kier molecular flexibility index (Phi) is 27.0. The summed E-state index contributed by atoms with van der Waals surface area (Å²) >= 11 is 0. The number of pyridine rings is 2. The molecule has 5 aromatic rings. The average Bonchev–Trinajstić information content (AvgIpc) is 1.62. The van der Waals surface area contributed by atoms with Gasteiger partial charge in [0.1, 0.15) is 50.6 Å². The number of para-hydroxylation sites is 1. The topological polar surface area (TPSA) is 436 Å². The van der Waals surface area contributed by atoms with Gasteiger partial charge in [-0.1, -0.05) is 91.8 Å². The normalized spacial score (nSPS) is 18.7. The van der Waals surface area contributed by atoms with Crippen LogP contribution in [-0.4, -0.2) is 181 Å². The summed E-state index contributed by atoms with van der Waals surface area (Å²) < 4.78 is 54.9. The molecule has 520 valence electrons. The molecule has 2 aromatic heterocycles. The number of fused-ring (bicyclic) bond motifs is 5. The highest BCUT2D eigenvalue weighted by Crippen LogP contribution is 2.40. The van der Waals surface area contributed by atoms with Gasteiger partial charge in [-0.05, 0) is 54.5 Å². The zero-order valence-electron chi connectivity index (χ0n) is 53.0. The Labute approximate surface area is 552 Å². The molecule has 30 nitrogen and oxygen atoms in total. The first-order chi connectivity index (χ1) is 46.4. The van der Waals surface area contributed by atoms with Gasteiger partial charge in [0, 0.05) is 48.0 Å². The van der Waals surface area contributed by atoms with Crippen LogP contribution >= 0.6 is 0 Å². The van der Waals surface area contributed by atoms with Gasteiger partial charge in [-0.15, -0.1) is 0 Å². The third-order valence-electron chi connectivity index (χ3n) is 15.4. The van der Waals surface area contributed by atoms with Gasteiger partial charge in [0.05, 0.1) is 74.7 Å². The molecule has 1 fully saturated rings. The molecule has 7 amide bonds. The molecule has 5 atom stereocenters. The summed E-state index contributed by atoms with van der Waals surface area (Å²) in [7, 11) is 0. The van der Waals surface area contributed by atoms with Crippen LogP contribution in [0, 0.1) is 0 Å². The summed E-state index contributed by atoms with van der Waals surface area (Å²) in [6, 6.07) is 20.4. The number of aliphatic hydroxyl groups is 1. The average molecular weight is 1360 g/mol. The molecule has 0 radical (unpaired) electrons. The van der Waals surface area contributed by atoms with Gasteiger partial charge in [-0.3, -0.25) is 43.3 Å². The molecule has 0 bridgehead atoms. The highest BCUT2D eigenvalue weighted by atomic mass is 19.4. The largest absolute Gasteiger partial charge is 0.490 e. The van der Waals surface area contributed by atoms with Crippen LogP contribution in [0.1, 0.15) is 78.5 Å². The van der Waals surface area contributed by atoms with E-state index in [2.05, 4.69) is 47.4 Å². The molecule has 0 unspecified atom stereocenters. The Hall–Kier alpha value is -10.4. The van der Waals surface area contributed by atoms with E-state index < -0.39 is 84.0 Å². The van der Waals surface area contributed by atoms with Gasteiger partial charge in [-0.25, -0.2) is 14.6 Å². The van der Waals surface area contributed by atoms with Crippen LogP contribution < -0.4 is 54.2 Å². The van der Waals surface area contributed by atoms with Crippen LogP contribution in [0.4, 0.5) is 13.2 Å². The van der Waals surface area contributed by atoms with Crippen molar-refractivity contribution in [3.63, 3.8) is 0 Å². The number of guanidine groups is 1. The molecule has 33 heteroatoms. The zero-order valence-corrected chi connectivity index (χ0v) is 53.0. The molecule has 3 aliphatic heterocycles. The van der Waals surface area contributed by atoms with Crippen LogP contribution in [0.15, 0.2) is 99.9 Å². The van der Waals surface area contributed by atoms with E-state index in [1.54, 1.807) is 73.0 Å². The summed E-state index contributed by atoms with van der Waals surface area (Å²) in [4.78, 5) is 143. The van der Waals surface area contributed by atoms with Crippen molar-refractivity contribution in [1.29, 1.82) is 0 Å². The van der Waals surface area contributed by atoms with Crippen molar-refractivity contribution in [3.05, 3.63) is 134 Å². The second-order valence-corrected chi connectivity index (χ2v) is 22.3. The van der Waals surface area contributed by atoms with Crippen molar-refractivity contribution < 1.29 is 90.3 Å². The number of aromatic nitrogens is 2. The number of rotatable bonds is 27. The van der Waals surface area contributed by atoms with E-state index in [0.29, 0.717) is 39.2 Å². The molecule has 8 rings (SSSR count). The molecular weight excluding hydrogens is 1280 g/mol. The number of hydrogen-bond acceptors (Lipinski definition) is 19. The molecule has 13 N–H and O–H groups in total. The molecule has 0 spiro atoms. The van der Waals surface area contributed by atoms with E-state index in [1.165, 1.54) is 6.21 Å². The summed E-state index contributed by atoms with van der Waals surface area (Å²) in [6.45, 7) is 3.28. The summed E-state index contributed by atoms with van der Waals surface area (Å²) in [5, 5.41) is 42.2. The van der Waals surface area contributed by atoms with Crippen molar-refractivity contribution in [1.82, 2.24) is 46.8 Å². The van der Waals surface area contributed by atoms with E-state index >= 15 is 0 Å². The Morgan fingerprint density at radius 2 is 1.34 bits per heavy atom. The number of amides is 7. The number of alkyl halides is 3. The number of nitrogens with one attached hydrogen (secondary N) is 7. The SMILES string of the molecule is CC[C@@H]1NC(=O)CNC(=O)[C@H](CCCN=C(N)N)NC(=O)[C@H](Cc2ccc(CNC(=O)COCCOCCOCC(=O)NCCO/N=C/c3c4c(nc5ccccc35)-c3cc5c(c(=O)n3C4)COC(=O)[C@]5(O)CC)cc2)NC(=O)[C@@H](Cc2ccccc2)NC1=O.O=C(O)C(F)(F)F. The highest BCUT2D eigenvalue weighted by Gasteiger charge is 2.46. The number of carbonyl (C=O) groups is 9. The first-order valence-electron chi connectivity index (χ1n) is 30.9. The zero-order chi connectivity index (χ0) is 70.2.